The van der Waals surface area contributed by atoms with Crippen molar-refractivity contribution < 1.29 is 26.3 Å². The molecule has 5 rings (SSSR count). The molecule has 0 bridgehead atoms. The first-order chi connectivity index (χ1) is 17.1. The number of rotatable bonds is 7. The van der Waals surface area contributed by atoms with Crippen LogP contribution in [-0.2, 0) is 12.7 Å². The number of imidazole rings is 2. The van der Waals surface area contributed by atoms with E-state index in [9.17, 15) is 26.3 Å². The molecule has 0 saturated heterocycles. The van der Waals surface area contributed by atoms with Crippen LogP contribution in [0.5, 0.6) is 0 Å². The van der Waals surface area contributed by atoms with Crippen molar-refractivity contribution in [3.63, 3.8) is 0 Å². The summed E-state index contributed by atoms with van der Waals surface area (Å²) in [6.45, 7) is 0.0350. The maximum Gasteiger partial charge on any atom is 0.434 e. The fourth-order valence-electron chi connectivity index (χ4n) is 3.97. The van der Waals surface area contributed by atoms with E-state index >= 15 is 0 Å². The highest BCUT2D eigenvalue weighted by molar-refractivity contribution is 6.28. The summed E-state index contributed by atoms with van der Waals surface area (Å²) in [7, 11) is 0. The van der Waals surface area contributed by atoms with Crippen LogP contribution in [0.1, 0.15) is 36.6 Å². The zero-order valence-electron chi connectivity index (χ0n) is 18.4. The van der Waals surface area contributed by atoms with Gasteiger partial charge in [-0.15, -0.1) is 0 Å². The molecule has 1 fully saturated rings. The Morgan fingerprint density at radius 3 is 2.39 bits per heavy atom. The minimum absolute atomic E-state index is 0.0350. The van der Waals surface area contributed by atoms with Crippen LogP contribution in [0.15, 0.2) is 36.7 Å². The van der Waals surface area contributed by atoms with Crippen LogP contribution in [0.25, 0.3) is 22.6 Å². The molecule has 1 unspecified atom stereocenters. The van der Waals surface area contributed by atoms with Crippen LogP contribution in [0, 0.1) is 0 Å². The van der Waals surface area contributed by atoms with Crippen molar-refractivity contribution in [3.05, 3.63) is 53.2 Å². The predicted octanol–water partition coefficient (Wildman–Crippen LogP) is 6.11. The summed E-state index contributed by atoms with van der Waals surface area (Å²) in [4.78, 5) is 15.8. The van der Waals surface area contributed by atoms with Crippen molar-refractivity contribution in [2.75, 3.05) is 5.32 Å². The zero-order chi connectivity index (χ0) is 25.6. The Kier molecular flexibility index (Phi) is 6.27. The molecule has 1 aliphatic rings. The molecule has 1 saturated carbocycles. The highest BCUT2D eigenvalue weighted by Gasteiger charge is 2.36. The lowest BCUT2D eigenvalue weighted by atomic mass is 9.92. The lowest BCUT2D eigenvalue weighted by Crippen LogP contribution is -2.24. The van der Waals surface area contributed by atoms with E-state index in [2.05, 4.69) is 19.9 Å². The third kappa shape index (κ3) is 4.71. The first kappa shape index (κ1) is 24.3. The van der Waals surface area contributed by atoms with Crippen molar-refractivity contribution in [3.8, 4) is 11.4 Å². The van der Waals surface area contributed by atoms with Crippen molar-refractivity contribution in [1.82, 2.24) is 29.1 Å². The van der Waals surface area contributed by atoms with Crippen molar-refractivity contribution in [2.45, 2.75) is 50.7 Å². The molecular formula is C22H18ClF6N7. The number of halogens is 7. The fourth-order valence-corrected chi connectivity index (χ4v) is 4.10. The first-order valence-corrected chi connectivity index (χ1v) is 11.3. The monoisotopic (exact) mass is 529 g/mol. The number of anilines is 1. The number of hydrogen-bond acceptors (Lipinski definition) is 5. The molecule has 1 aromatic carbocycles. The van der Waals surface area contributed by atoms with Gasteiger partial charge in [0, 0.05) is 17.8 Å². The van der Waals surface area contributed by atoms with Gasteiger partial charge < -0.3 is 9.88 Å². The molecule has 7 nitrogen and oxygen atoms in total. The SMILES string of the molecule is FC(F)C(F)Nc1nc2cnc(Cl)nc2n1Cc1ccc(-c2nc(C(F)(F)F)cn2C2CCC2)cc1. The highest BCUT2D eigenvalue weighted by Crippen LogP contribution is 2.38. The van der Waals surface area contributed by atoms with Gasteiger partial charge in [0.25, 0.3) is 6.43 Å². The normalized spacial score (nSPS) is 15.4. The van der Waals surface area contributed by atoms with Gasteiger partial charge in [-0.25, -0.2) is 28.1 Å². The van der Waals surface area contributed by atoms with Crippen LogP contribution >= 0.6 is 11.6 Å². The molecule has 3 heterocycles. The van der Waals surface area contributed by atoms with E-state index in [1.54, 1.807) is 28.8 Å². The maximum atomic E-state index is 13.7. The number of nitrogens with one attached hydrogen (secondary N) is 1. The summed E-state index contributed by atoms with van der Waals surface area (Å²) in [5.41, 5.74) is 0.564. The van der Waals surface area contributed by atoms with Crippen LogP contribution in [-0.4, -0.2) is 41.8 Å². The zero-order valence-corrected chi connectivity index (χ0v) is 19.1. The van der Waals surface area contributed by atoms with Gasteiger partial charge in [-0.05, 0) is 36.4 Å². The van der Waals surface area contributed by atoms with Crippen LogP contribution < -0.4 is 5.32 Å². The number of nitrogens with zero attached hydrogens (tertiary/aromatic N) is 6. The number of hydrogen-bond donors (Lipinski definition) is 1. The topological polar surface area (TPSA) is 73.5 Å². The Bertz CT molecular complexity index is 1380. The second-order valence-corrected chi connectivity index (χ2v) is 8.72. The Morgan fingerprint density at radius 1 is 1.06 bits per heavy atom. The summed E-state index contributed by atoms with van der Waals surface area (Å²) in [5, 5.41) is 1.92. The van der Waals surface area contributed by atoms with Gasteiger partial charge in [0.05, 0.1) is 12.7 Å². The summed E-state index contributed by atoms with van der Waals surface area (Å²) in [6, 6.07) is 6.51. The summed E-state index contributed by atoms with van der Waals surface area (Å²) >= 11 is 5.87. The number of benzene rings is 1. The molecule has 1 aliphatic carbocycles. The summed E-state index contributed by atoms with van der Waals surface area (Å²) in [5.74, 6) is 0.0135. The average Bonchev–Trinajstić information content (AvgIpc) is 3.35. The van der Waals surface area contributed by atoms with E-state index in [0.29, 0.717) is 11.1 Å². The molecular weight excluding hydrogens is 512 g/mol. The van der Waals surface area contributed by atoms with E-state index in [-0.39, 0.29) is 40.8 Å². The van der Waals surface area contributed by atoms with Crippen molar-refractivity contribution in [1.29, 1.82) is 0 Å². The Morgan fingerprint density at radius 2 is 1.78 bits per heavy atom. The number of alkyl halides is 6. The molecule has 14 heteroatoms. The average molecular weight is 530 g/mol. The third-order valence-corrected chi connectivity index (χ3v) is 6.17. The van der Waals surface area contributed by atoms with Crippen LogP contribution in [0.3, 0.4) is 0 Å². The lowest BCUT2D eigenvalue weighted by Gasteiger charge is -2.28. The molecule has 0 spiro atoms. The summed E-state index contributed by atoms with van der Waals surface area (Å²) < 4.78 is 82.2. The third-order valence-electron chi connectivity index (χ3n) is 5.99. The van der Waals surface area contributed by atoms with Gasteiger partial charge in [0.1, 0.15) is 11.3 Å². The Hall–Kier alpha value is -3.35. The van der Waals surface area contributed by atoms with E-state index < -0.39 is 24.6 Å². The predicted molar refractivity (Wildman–Crippen MR) is 120 cm³/mol. The van der Waals surface area contributed by atoms with E-state index in [4.69, 9.17) is 11.6 Å². The van der Waals surface area contributed by atoms with E-state index in [0.717, 1.165) is 25.5 Å². The van der Waals surface area contributed by atoms with Crippen molar-refractivity contribution >= 4 is 28.7 Å². The second-order valence-electron chi connectivity index (χ2n) is 8.39. The second kappa shape index (κ2) is 9.26. The minimum Gasteiger partial charge on any atom is -0.327 e. The molecule has 1 atom stereocenters. The van der Waals surface area contributed by atoms with E-state index in [1.165, 1.54) is 10.8 Å². The molecule has 0 aliphatic heterocycles. The molecule has 0 radical (unpaired) electrons. The highest BCUT2D eigenvalue weighted by atomic mass is 35.5. The van der Waals surface area contributed by atoms with Gasteiger partial charge in [-0.2, -0.15) is 18.2 Å². The lowest BCUT2D eigenvalue weighted by molar-refractivity contribution is -0.140. The van der Waals surface area contributed by atoms with Crippen molar-refractivity contribution in [2.24, 2.45) is 0 Å². The van der Waals surface area contributed by atoms with Gasteiger partial charge in [-0.1, -0.05) is 24.3 Å². The van der Waals surface area contributed by atoms with Gasteiger partial charge in [0.15, 0.2) is 11.3 Å². The maximum absolute atomic E-state index is 13.7. The molecule has 0 amide bonds. The standard InChI is InChI=1S/C22H18ClF6N7/c23-20-30-8-14-19(34-20)36(21(31-14)33-17(26)16(24)25)9-11-4-6-12(7-5-11)18-32-15(22(27,28)29)10-35(18)13-2-1-3-13/h4-8,10,13,16-17H,1-3,9H2,(H,31,33). The minimum atomic E-state index is -4.56. The largest absolute Gasteiger partial charge is 0.434 e. The van der Waals surface area contributed by atoms with Gasteiger partial charge in [-0.3, -0.25) is 4.57 Å². The quantitative estimate of drug-likeness (QED) is 0.178. The smallest absolute Gasteiger partial charge is 0.327 e. The summed E-state index contributed by atoms with van der Waals surface area (Å²) in [6.07, 6.45) is -5.69. The van der Waals surface area contributed by atoms with Crippen LogP contribution in [0.2, 0.25) is 5.28 Å². The molecule has 4 aromatic rings. The molecule has 190 valence electrons. The van der Waals surface area contributed by atoms with Crippen LogP contribution in [0.4, 0.5) is 32.3 Å². The molecule has 36 heavy (non-hydrogen) atoms. The molecule has 3 aromatic heterocycles. The van der Waals surface area contributed by atoms with Gasteiger partial charge in [0.2, 0.25) is 17.5 Å². The van der Waals surface area contributed by atoms with Gasteiger partial charge >= 0.3 is 6.18 Å². The molecule has 1 N–H and O–H groups in total. The Balaban J connectivity index is 1.47. The van der Waals surface area contributed by atoms with E-state index in [1.807, 2.05) is 5.32 Å². The number of aromatic nitrogens is 6. The Labute approximate surface area is 205 Å². The fraction of sp³-hybridized carbons (Fsp3) is 0.364. The first-order valence-electron chi connectivity index (χ1n) is 10.9. The number of fused-ring (bicyclic) bond motifs is 1.